The fourth-order valence-corrected chi connectivity index (χ4v) is 4.56. The van der Waals surface area contributed by atoms with E-state index in [1.807, 2.05) is 13.1 Å². The van der Waals surface area contributed by atoms with Crippen LogP contribution in [0.25, 0.3) is 0 Å². The Bertz CT molecular complexity index is 699. The molecule has 3 rings (SSSR count). The topological polar surface area (TPSA) is 65.0 Å². The van der Waals surface area contributed by atoms with Gasteiger partial charge >= 0.3 is 0 Å². The zero-order valence-electron chi connectivity index (χ0n) is 13.4. The van der Waals surface area contributed by atoms with Gasteiger partial charge in [0.2, 0.25) is 5.44 Å². The van der Waals surface area contributed by atoms with Gasteiger partial charge in [0.25, 0.3) is 0 Å². The lowest BCUT2D eigenvalue weighted by Gasteiger charge is -2.51. The van der Waals surface area contributed by atoms with Crippen molar-refractivity contribution in [3.63, 3.8) is 0 Å². The van der Waals surface area contributed by atoms with Crippen LogP contribution in [0.4, 0.5) is 15.8 Å². The van der Waals surface area contributed by atoms with E-state index in [2.05, 4.69) is 5.32 Å². The van der Waals surface area contributed by atoms with Gasteiger partial charge in [-0.3, -0.25) is 9.11 Å². The minimum absolute atomic E-state index is 0.0574. The van der Waals surface area contributed by atoms with Crippen molar-refractivity contribution in [2.24, 2.45) is 0 Å². The van der Waals surface area contributed by atoms with Gasteiger partial charge in [0.05, 0.1) is 5.69 Å². The molecule has 3 N–H and O–H groups in total. The molecule has 0 saturated carbocycles. The number of halogens is 1. The summed E-state index contributed by atoms with van der Waals surface area (Å²) in [5.41, 5.74) is 0.0211. The molecule has 1 unspecified atom stereocenters. The molecule has 0 spiro atoms. The highest BCUT2D eigenvalue weighted by Crippen LogP contribution is 2.61. The number of anilines is 2. The molecule has 0 aromatic heterocycles. The van der Waals surface area contributed by atoms with Crippen LogP contribution in [0.1, 0.15) is 12.8 Å². The van der Waals surface area contributed by atoms with E-state index in [0.29, 0.717) is 30.8 Å². The first kappa shape index (κ1) is 17.0. The average Bonchev–Trinajstić information content (AvgIpc) is 2.56. The summed E-state index contributed by atoms with van der Waals surface area (Å²) in [6.45, 7) is 0.713. The van der Waals surface area contributed by atoms with Crippen LogP contribution in [0, 0.1) is 5.82 Å². The molecular formula is C17H21FN2O3S. The molecule has 1 aliphatic heterocycles. The molecule has 0 bridgehead atoms. The van der Waals surface area contributed by atoms with E-state index >= 15 is 0 Å². The molecule has 0 radical (unpaired) electrons. The third-order valence-corrected chi connectivity index (χ3v) is 5.88. The first-order chi connectivity index (χ1) is 11.6. The van der Waals surface area contributed by atoms with Crippen molar-refractivity contribution in [3.8, 4) is 5.75 Å². The van der Waals surface area contributed by atoms with E-state index in [-0.39, 0.29) is 5.75 Å². The molecule has 1 heterocycles. The summed E-state index contributed by atoms with van der Waals surface area (Å²) < 4.78 is 43.1. The number of para-hydroxylation sites is 2. The van der Waals surface area contributed by atoms with Gasteiger partial charge < -0.3 is 10.1 Å². The van der Waals surface area contributed by atoms with E-state index in [9.17, 15) is 13.5 Å². The van der Waals surface area contributed by atoms with E-state index in [0.717, 1.165) is 0 Å². The lowest BCUT2D eigenvalue weighted by atomic mass is 10.2. The number of hydrogen-bond donors (Lipinski definition) is 3. The van der Waals surface area contributed by atoms with Gasteiger partial charge in [0.1, 0.15) is 5.69 Å². The van der Waals surface area contributed by atoms with Crippen LogP contribution in [-0.4, -0.2) is 28.1 Å². The molecule has 24 heavy (non-hydrogen) atoms. The monoisotopic (exact) mass is 352 g/mol. The molecule has 5 nitrogen and oxygen atoms in total. The Morgan fingerprint density at radius 2 is 1.92 bits per heavy atom. The van der Waals surface area contributed by atoms with Gasteiger partial charge in [-0.1, -0.05) is 35.0 Å². The van der Waals surface area contributed by atoms with Gasteiger partial charge in [-0.25, -0.2) is 8.70 Å². The summed E-state index contributed by atoms with van der Waals surface area (Å²) in [7, 11) is -1.49. The van der Waals surface area contributed by atoms with Crippen LogP contribution < -0.4 is 14.4 Å². The molecule has 0 aliphatic carbocycles. The molecular weight excluding hydrogens is 331 g/mol. The maximum Gasteiger partial charge on any atom is 0.206 e. The van der Waals surface area contributed by atoms with Gasteiger partial charge in [0, 0.05) is 6.42 Å². The van der Waals surface area contributed by atoms with E-state index in [1.165, 1.54) is 16.4 Å². The SMILES string of the molecule is CNCCCC1Oc2c(F)cccc2N(c2ccccc2)S1(O)O. The van der Waals surface area contributed by atoms with Crippen molar-refractivity contribution >= 4 is 22.2 Å². The summed E-state index contributed by atoms with van der Waals surface area (Å²) in [5, 5.41) is 3.01. The van der Waals surface area contributed by atoms with Crippen molar-refractivity contribution < 1.29 is 18.2 Å². The fourth-order valence-electron chi connectivity index (χ4n) is 2.75. The Kier molecular flexibility index (Phi) is 4.96. The highest BCUT2D eigenvalue weighted by Gasteiger charge is 2.42. The number of ether oxygens (including phenoxy) is 1. The Labute approximate surface area is 142 Å². The molecule has 2 aromatic carbocycles. The Hall–Kier alpha value is -1.80. The Balaban J connectivity index is 2.05. The second-order valence-corrected chi connectivity index (χ2v) is 7.59. The summed E-state index contributed by atoms with van der Waals surface area (Å²) in [5.74, 6) is -0.455. The largest absolute Gasteiger partial charge is 0.463 e. The Morgan fingerprint density at radius 3 is 2.62 bits per heavy atom. The summed E-state index contributed by atoms with van der Waals surface area (Å²) in [6.07, 6.45) is 1.09. The van der Waals surface area contributed by atoms with Crippen molar-refractivity contribution in [1.82, 2.24) is 5.32 Å². The third kappa shape index (κ3) is 3.08. The summed E-state index contributed by atoms with van der Waals surface area (Å²) in [6, 6.07) is 13.4. The number of benzene rings is 2. The first-order valence-corrected chi connectivity index (χ1v) is 9.34. The van der Waals surface area contributed by atoms with E-state index < -0.39 is 22.0 Å². The fraction of sp³-hybridized carbons (Fsp3) is 0.294. The van der Waals surface area contributed by atoms with Crippen LogP contribution >= 0.6 is 10.8 Å². The number of rotatable bonds is 5. The van der Waals surface area contributed by atoms with Crippen molar-refractivity contribution in [2.45, 2.75) is 18.3 Å². The van der Waals surface area contributed by atoms with Crippen molar-refractivity contribution in [3.05, 3.63) is 54.3 Å². The lowest BCUT2D eigenvalue weighted by Crippen LogP contribution is -2.39. The number of nitrogens with zero attached hydrogens (tertiary/aromatic N) is 1. The highest BCUT2D eigenvalue weighted by atomic mass is 32.3. The molecule has 1 atom stereocenters. The van der Waals surface area contributed by atoms with Crippen LogP contribution in [-0.2, 0) is 0 Å². The van der Waals surface area contributed by atoms with Gasteiger partial charge in [0.15, 0.2) is 11.6 Å². The molecule has 1 aliphatic rings. The minimum atomic E-state index is -3.31. The predicted octanol–water partition coefficient (Wildman–Crippen LogP) is 4.35. The van der Waals surface area contributed by atoms with E-state index in [4.69, 9.17) is 4.74 Å². The highest BCUT2D eigenvalue weighted by molar-refractivity contribution is 8.26. The molecule has 130 valence electrons. The zero-order valence-corrected chi connectivity index (χ0v) is 14.2. The number of nitrogens with one attached hydrogen (secondary N) is 1. The van der Waals surface area contributed by atoms with Crippen LogP contribution in [0.15, 0.2) is 48.5 Å². The molecule has 0 amide bonds. The number of hydrogen-bond acceptors (Lipinski definition) is 5. The molecule has 0 saturated heterocycles. The molecule has 7 heteroatoms. The summed E-state index contributed by atoms with van der Waals surface area (Å²) in [4.78, 5) is 0. The van der Waals surface area contributed by atoms with Gasteiger partial charge in [-0.2, -0.15) is 0 Å². The van der Waals surface area contributed by atoms with Crippen LogP contribution in [0.3, 0.4) is 0 Å². The molecule has 0 fully saturated rings. The normalized spacial score (nSPS) is 20.2. The maximum absolute atomic E-state index is 14.3. The lowest BCUT2D eigenvalue weighted by molar-refractivity contribution is 0.226. The minimum Gasteiger partial charge on any atom is -0.463 e. The molecule has 2 aromatic rings. The predicted molar refractivity (Wildman–Crippen MR) is 95.4 cm³/mol. The summed E-state index contributed by atoms with van der Waals surface area (Å²) >= 11 is 0. The van der Waals surface area contributed by atoms with Gasteiger partial charge in [-0.15, -0.1) is 0 Å². The Morgan fingerprint density at radius 1 is 1.17 bits per heavy atom. The second-order valence-electron chi connectivity index (χ2n) is 5.57. The number of fused-ring (bicyclic) bond motifs is 1. The van der Waals surface area contributed by atoms with E-state index in [1.54, 1.807) is 30.3 Å². The average molecular weight is 352 g/mol. The smallest absolute Gasteiger partial charge is 0.206 e. The van der Waals surface area contributed by atoms with Crippen molar-refractivity contribution in [1.29, 1.82) is 0 Å². The van der Waals surface area contributed by atoms with Crippen molar-refractivity contribution in [2.75, 3.05) is 17.9 Å². The van der Waals surface area contributed by atoms with Crippen LogP contribution in [0.5, 0.6) is 5.75 Å². The first-order valence-electron chi connectivity index (χ1n) is 7.78. The second kappa shape index (κ2) is 6.98. The van der Waals surface area contributed by atoms with Crippen LogP contribution in [0.2, 0.25) is 0 Å². The quantitative estimate of drug-likeness (QED) is 0.698. The third-order valence-electron chi connectivity index (χ3n) is 3.89. The standard InChI is InChI=1S/C17H21FN2O3S/c1-19-12-6-11-16-23-17-14(18)9-5-10-15(17)20(24(16,21)22)13-7-3-2-4-8-13/h2-5,7-10,16,19,21-22H,6,11-12H2,1H3. The van der Waals surface area contributed by atoms with Gasteiger partial charge in [-0.05, 0) is 44.3 Å². The maximum atomic E-state index is 14.3. The zero-order chi connectivity index (χ0) is 17.2.